The van der Waals surface area contributed by atoms with E-state index in [1.807, 2.05) is 24.3 Å². The molecule has 1 aliphatic carbocycles. The predicted molar refractivity (Wildman–Crippen MR) is 179 cm³/mol. The summed E-state index contributed by atoms with van der Waals surface area (Å²) in [6, 6.07) is 11.9. The summed E-state index contributed by atoms with van der Waals surface area (Å²) in [4.78, 5) is 13.4. The average Bonchev–Trinajstić information content (AvgIpc) is 3.47. The molecule has 0 fully saturated rings. The van der Waals surface area contributed by atoms with Crippen molar-refractivity contribution in [2.75, 3.05) is 27.3 Å². The monoisotopic (exact) mass is 701 g/mol. The second-order valence-corrected chi connectivity index (χ2v) is 12.2. The highest BCUT2D eigenvalue weighted by molar-refractivity contribution is 6.35. The number of ether oxygens (including phenoxy) is 3. The Hall–Kier alpha value is -4.01. The predicted octanol–water partition coefficient (Wildman–Crippen LogP) is 5.90. The molecule has 4 N–H and O–H groups in total. The van der Waals surface area contributed by atoms with Gasteiger partial charge in [0.15, 0.2) is 0 Å². The zero-order valence-electron chi connectivity index (χ0n) is 27.6. The van der Waals surface area contributed by atoms with Gasteiger partial charge in [0.25, 0.3) is 0 Å². The Morgan fingerprint density at radius 2 is 1.57 bits per heavy atom. The van der Waals surface area contributed by atoms with Crippen LogP contribution in [0.1, 0.15) is 54.2 Å². The molecule has 0 saturated heterocycles. The first-order valence-electron chi connectivity index (χ1n) is 15.8. The van der Waals surface area contributed by atoms with E-state index in [4.69, 9.17) is 25.8 Å². The lowest BCUT2D eigenvalue weighted by atomic mass is 9.98. The highest BCUT2D eigenvalue weighted by atomic mass is 35.5. The van der Waals surface area contributed by atoms with Crippen molar-refractivity contribution in [1.82, 2.24) is 25.6 Å². The summed E-state index contributed by atoms with van der Waals surface area (Å²) >= 11 is 6.99. The van der Waals surface area contributed by atoms with Crippen LogP contribution in [0.3, 0.4) is 0 Å². The van der Waals surface area contributed by atoms with E-state index in [9.17, 15) is 23.4 Å². The van der Waals surface area contributed by atoms with Crippen molar-refractivity contribution in [2.24, 2.45) is 0 Å². The fourth-order valence-electron chi connectivity index (χ4n) is 5.80. The molecule has 0 saturated carbocycles. The number of fused-ring (bicyclic) bond motifs is 1. The molecule has 1 aliphatic rings. The van der Waals surface area contributed by atoms with Gasteiger partial charge < -0.3 is 35.1 Å². The maximum Gasteiger partial charge on any atom is 0.421 e. The van der Waals surface area contributed by atoms with Crippen LogP contribution in [0.25, 0.3) is 22.5 Å². The first-order valence-corrected chi connectivity index (χ1v) is 16.2. The molecule has 49 heavy (non-hydrogen) atoms. The molecule has 5 rings (SSSR count). The van der Waals surface area contributed by atoms with Crippen LogP contribution < -0.4 is 24.8 Å². The standard InChI is InChI=1S/C35H39ClF3N5O5/c1-19(45)15-40-17-21-8-10-28(43-32(21)47-3)26-12-13-42-31(30(26)36)25-7-5-6-24-23(25)9-11-29(24)49-34-27(35(37,38)39)14-22(33(44-34)48-4)18-41-16-20(2)46/h5-8,10,12-14,19-20,29,40-41,45-46H,9,11,15-18H2,1-4H3/t19-,20+,29-/m0/s1. The molecule has 1 aromatic carbocycles. The van der Waals surface area contributed by atoms with Crippen LogP contribution in [0.15, 0.2) is 48.7 Å². The number of alkyl halides is 3. The molecule has 0 unspecified atom stereocenters. The minimum atomic E-state index is -4.74. The van der Waals surface area contributed by atoms with Gasteiger partial charge in [0.2, 0.25) is 17.6 Å². The third kappa shape index (κ3) is 8.42. The van der Waals surface area contributed by atoms with Gasteiger partial charge >= 0.3 is 6.18 Å². The second-order valence-electron chi connectivity index (χ2n) is 11.9. The van der Waals surface area contributed by atoms with Crippen molar-refractivity contribution < 1.29 is 37.6 Å². The van der Waals surface area contributed by atoms with Gasteiger partial charge in [-0.3, -0.25) is 4.98 Å². The number of rotatable bonds is 14. The van der Waals surface area contributed by atoms with E-state index < -0.39 is 35.9 Å². The molecule has 3 aromatic heterocycles. The number of methoxy groups -OCH3 is 2. The molecule has 10 nitrogen and oxygen atoms in total. The Bertz CT molecular complexity index is 1770. The van der Waals surface area contributed by atoms with Crippen molar-refractivity contribution in [3.63, 3.8) is 0 Å². The van der Waals surface area contributed by atoms with E-state index in [-0.39, 0.29) is 24.5 Å². The maximum absolute atomic E-state index is 14.3. The Labute approximate surface area is 287 Å². The molecule has 262 valence electrons. The summed E-state index contributed by atoms with van der Waals surface area (Å²) in [6.07, 6.45) is -4.06. The number of pyridine rings is 3. The molecule has 0 amide bonds. The summed E-state index contributed by atoms with van der Waals surface area (Å²) in [5.41, 5.74) is 4.01. The molecule has 4 aromatic rings. The lowest BCUT2D eigenvalue weighted by Crippen LogP contribution is -2.24. The van der Waals surface area contributed by atoms with Crippen LogP contribution in [0.2, 0.25) is 5.02 Å². The lowest BCUT2D eigenvalue weighted by molar-refractivity contribution is -0.139. The van der Waals surface area contributed by atoms with E-state index >= 15 is 0 Å². The highest BCUT2D eigenvalue weighted by Crippen LogP contribution is 2.45. The quantitative estimate of drug-likeness (QED) is 0.126. The maximum atomic E-state index is 14.3. The van der Waals surface area contributed by atoms with E-state index in [1.54, 1.807) is 32.2 Å². The smallest absolute Gasteiger partial charge is 0.421 e. The molecule has 0 spiro atoms. The van der Waals surface area contributed by atoms with Crippen molar-refractivity contribution in [1.29, 1.82) is 0 Å². The molecular weight excluding hydrogens is 663 g/mol. The number of benzene rings is 1. The van der Waals surface area contributed by atoms with Crippen LogP contribution in [-0.4, -0.2) is 64.7 Å². The summed E-state index contributed by atoms with van der Waals surface area (Å²) in [5.74, 6) is -0.164. The molecule has 0 bridgehead atoms. The zero-order valence-corrected chi connectivity index (χ0v) is 28.3. The summed E-state index contributed by atoms with van der Waals surface area (Å²) in [6.45, 7) is 4.34. The number of nitrogens with zero attached hydrogens (tertiary/aromatic N) is 3. The van der Waals surface area contributed by atoms with Gasteiger partial charge in [0.1, 0.15) is 11.7 Å². The Balaban J connectivity index is 1.45. The van der Waals surface area contributed by atoms with Gasteiger partial charge in [0.05, 0.1) is 42.8 Å². The van der Waals surface area contributed by atoms with Crippen molar-refractivity contribution in [3.8, 4) is 40.2 Å². The van der Waals surface area contributed by atoms with E-state index in [2.05, 4.69) is 25.6 Å². The van der Waals surface area contributed by atoms with Crippen molar-refractivity contribution in [2.45, 2.75) is 64.3 Å². The number of aromatic nitrogens is 3. The average molecular weight is 702 g/mol. The van der Waals surface area contributed by atoms with Gasteiger partial charge in [-0.2, -0.15) is 18.2 Å². The zero-order chi connectivity index (χ0) is 35.3. The van der Waals surface area contributed by atoms with Crippen LogP contribution in [0, 0.1) is 0 Å². The summed E-state index contributed by atoms with van der Waals surface area (Å²) < 4.78 is 59.7. The fourth-order valence-corrected chi connectivity index (χ4v) is 6.12. The SMILES string of the molecule is COc1nc(-c2ccnc(-c3cccc4c3CC[C@@H]4Oc3nc(OC)c(CNC[C@@H](C)O)cc3C(F)(F)F)c2Cl)ccc1CNC[C@H](C)O. The number of aliphatic hydroxyl groups excluding tert-OH is 2. The number of nitrogens with one attached hydrogen (secondary N) is 2. The highest BCUT2D eigenvalue weighted by Gasteiger charge is 2.38. The van der Waals surface area contributed by atoms with Gasteiger partial charge in [-0.05, 0) is 56.0 Å². The minimum absolute atomic E-state index is 0.00449. The fraction of sp³-hybridized carbons (Fsp3) is 0.400. The molecule has 3 atom stereocenters. The van der Waals surface area contributed by atoms with Gasteiger partial charge in [-0.15, -0.1) is 0 Å². The first kappa shape index (κ1) is 36.3. The minimum Gasteiger partial charge on any atom is -0.481 e. The van der Waals surface area contributed by atoms with Crippen LogP contribution >= 0.6 is 11.6 Å². The Morgan fingerprint density at radius 3 is 2.22 bits per heavy atom. The normalized spacial score (nSPS) is 15.5. The van der Waals surface area contributed by atoms with Gasteiger partial charge in [-0.1, -0.05) is 35.9 Å². The molecule has 0 aliphatic heterocycles. The Kier molecular flexibility index (Phi) is 11.6. The third-order valence-corrected chi connectivity index (χ3v) is 8.44. The van der Waals surface area contributed by atoms with E-state index in [0.717, 1.165) is 22.8 Å². The lowest BCUT2D eigenvalue weighted by Gasteiger charge is -2.21. The van der Waals surface area contributed by atoms with Crippen LogP contribution in [0.5, 0.6) is 17.6 Å². The van der Waals surface area contributed by atoms with E-state index in [0.29, 0.717) is 59.3 Å². The van der Waals surface area contributed by atoms with Crippen LogP contribution in [-0.2, 0) is 25.7 Å². The Morgan fingerprint density at radius 1 is 0.898 bits per heavy atom. The van der Waals surface area contributed by atoms with Crippen molar-refractivity contribution in [3.05, 3.63) is 81.5 Å². The van der Waals surface area contributed by atoms with Crippen molar-refractivity contribution >= 4 is 11.6 Å². The summed E-state index contributed by atoms with van der Waals surface area (Å²) in [7, 11) is 2.86. The van der Waals surface area contributed by atoms with Gasteiger partial charge in [-0.25, -0.2) is 4.98 Å². The first-order chi connectivity index (χ1) is 23.4. The number of hydrogen-bond donors (Lipinski definition) is 4. The van der Waals surface area contributed by atoms with Crippen LogP contribution in [0.4, 0.5) is 13.2 Å². The molecule has 14 heteroatoms. The molecule has 3 heterocycles. The van der Waals surface area contributed by atoms with Gasteiger partial charge in [0, 0.05) is 54.6 Å². The molecule has 0 radical (unpaired) electrons. The van der Waals surface area contributed by atoms with E-state index in [1.165, 1.54) is 14.2 Å². The largest absolute Gasteiger partial charge is 0.481 e. The topological polar surface area (TPSA) is 131 Å². The third-order valence-electron chi connectivity index (χ3n) is 8.06. The molecular formula is C35H39ClF3N5O5. The number of aliphatic hydroxyl groups is 2. The number of hydrogen-bond acceptors (Lipinski definition) is 10. The second kappa shape index (κ2) is 15.7. The summed E-state index contributed by atoms with van der Waals surface area (Å²) in [5, 5.41) is 25.5. The number of halogens is 4.